The van der Waals surface area contributed by atoms with Crippen molar-refractivity contribution in [2.75, 3.05) is 25.0 Å². The van der Waals surface area contributed by atoms with Crippen molar-refractivity contribution in [3.63, 3.8) is 0 Å². The molecule has 1 heterocycles. The Bertz CT molecular complexity index is 1140. The molecule has 0 spiro atoms. The molecule has 1 aliphatic heterocycles. The van der Waals surface area contributed by atoms with Crippen molar-refractivity contribution in [2.24, 2.45) is 0 Å². The molecule has 1 saturated heterocycles. The highest BCUT2D eigenvalue weighted by Crippen LogP contribution is 2.24. The summed E-state index contributed by atoms with van der Waals surface area (Å²) in [5.41, 5.74) is 0.384. The smallest absolute Gasteiger partial charge is 0.338 e. The van der Waals surface area contributed by atoms with Gasteiger partial charge in [-0.1, -0.05) is 18.6 Å². The van der Waals surface area contributed by atoms with E-state index >= 15 is 0 Å². The minimum Gasteiger partial charge on any atom is -0.452 e. The molecule has 0 bridgehead atoms. The molecule has 170 valence electrons. The Kier molecular flexibility index (Phi) is 7.37. The molecule has 0 atom stereocenters. The van der Waals surface area contributed by atoms with Gasteiger partial charge in [-0.2, -0.15) is 4.31 Å². The molecule has 0 radical (unpaired) electrons. The lowest BCUT2D eigenvalue weighted by Gasteiger charge is -2.26. The average Bonchev–Trinajstić information content (AvgIpc) is 2.78. The van der Waals surface area contributed by atoms with Crippen molar-refractivity contribution in [1.82, 2.24) is 4.31 Å². The van der Waals surface area contributed by atoms with Crippen LogP contribution in [-0.2, 0) is 19.6 Å². The number of amides is 1. The highest BCUT2D eigenvalue weighted by molar-refractivity contribution is 7.89. The normalized spacial score (nSPS) is 14.6. The molecule has 32 heavy (non-hydrogen) atoms. The largest absolute Gasteiger partial charge is 0.452 e. The third kappa shape index (κ3) is 5.38. The second-order valence-corrected chi connectivity index (χ2v) is 9.24. The van der Waals surface area contributed by atoms with Crippen molar-refractivity contribution in [2.45, 2.75) is 31.1 Å². The van der Waals surface area contributed by atoms with E-state index in [1.807, 2.05) is 0 Å². The van der Waals surface area contributed by atoms with Gasteiger partial charge in [0.1, 0.15) is 10.7 Å². The van der Waals surface area contributed by atoms with E-state index in [0.29, 0.717) is 31.5 Å². The predicted molar refractivity (Wildman–Crippen MR) is 114 cm³/mol. The summed E-state index contributed by atoms with van der Waals surface area (Å²) in [4.78, 5) is 35.5. The number of nitrogens with one attached hydrogen (secondary N) is 1. The van der Waals surface area contributed by atoms with Gasteiger partial charge in [-0.25, -0.2) is 17.6 Å². The minimum atomic E-state index is -4.09. The van der Waals surface area contributed by atoms with E-state index < -0.39 is 39.2 Å². The fourth-order valence-corrected chi connectivity index (χ4v) is 4.98. The molecule has 1 N–H and O–H groups in total. The number of piperidine rings is 1. The molecular formula is C22H23FN2O6S. The van der Waals surface area contributed by atoms with Crippen LogP contribution in [0.2, 0.25) is 0 Å². The number of carbonyl (C=O) groups excluding carboxylic acids is 3. The lowest BCUT2D eigenvalue weighted by Crippen LogP contribution is -2.36. The maximum atomic E-state index is 14.3. The number of hydrogen-bond donors (Lipinski definition) is 1. The number of rotatable bonds is 7. The first-order valence-electron chi connectivity index (χ1n) is 10.1. The van der Waals surface area contributed by atoms with Gasteiger partial charge in [0.2, 0.25) is 10.0 Å². The first-order chi connectivity index (χ1) is 15.2. The van der Waals surface area contributed by atoms with Crippen LogP contribution in [0.4, 0.5) is 10.1 Å². The topological polar surface area (TPSA) is 110 Å². The molecule has 1 fully saturated rings. The lowest BCUT2D eigenvalue weighted by molar-refractivity contribution is -0.119. The average molecular weight is 462 g/mol. The third-order valence-electron chi connectivity index (χ3n) is 5.01. The first kappa shape index (κ1) is 23.6. The van der Waals surface area contributed by atoms with E-state index in [4.69, 9.17) is 4.74 Å². The highest BCUT2D eigenvalue weighted by atomic mass is 32.2. The molecule has 10 heteroatoms. The molecule has 2 aromatic carbocycles. The Morgan fingerprint density at radius 2 is 1.75 bits per heavy atom. The number of sulfonamides is 1. The summed E-state index contributed by atoms with van der Waals surface area (Å²) in [5, 5.41) is 2.49. The summed E-state index contributed by atoms with van der Waals surface area (Å²) in [6.45, 7) is 1.27. The summed E-state index contributed by atoms with van der Waals surface area (Å²) in [6, 6.07) is 9.27. The second-order valence-electron chi connectivity index (χ2n) is 7.34. The van der Waals surface area contributed by atoms with Crippen LogP contribution in [-0.4, -0.2) is 50.1 Å². The van der Waals surface area contributed by atoms with E-state index in [2.05, 4.69) is 5.32 Å². The van der Waals surface area contributed by atoms with Crippen LogP contribution in [0.1, 0.15) is 46.9 Å². The van der Waals surface area contributed by atoms with E-state index in [0.717, 1.165) is 24.6 Å². The molecular weight excluding hydrogens is 439 g/mol. The quantitative estimate of drug-likeness (QED) is 0.500. The van der Waals surface area contributed by atoms with E-state index in [1.165, 1.54) is 17.3 Å². The Balaban J connectivity index is 1.69. The fraction of sp³-hybridized carbons (Fsp3) is 0.318. The standard InChI is InChI=1S/C22H23FN2O6S/c1-15(26)17-7-3-4-8-19(17)24-21(27)14-31-22(28)16-9-10-18(23)20(13-16)32(29,30)25-11-5-2-6-12-25/h3-4,7-10,13H,2,5-6,11-12,14H2,1H3,(H,24,27). The number of Topliss-reactive ketones (excluding diaryl/α,β-unsaturated/α-hetero) is 1. The van der Waals surface area contributed by atoms with Crippen molar-refractivity contribution >= 4 is 33.4 Å². The summed E-state index contributed by atoms with van der Waals surface area (Å²) in [6.07, 6.45) is 2.27. The SMILES string of the molecule is CC(=O)c1ccccc1NC(=O)COC(=O)c1ccc(F)c(S(=O)(=O)N2CCCCC2)c1. The zero-order valence-corrected chi connectivity index (χ0v) is 18.3. The number of halogens is 1. The summed E-state index contributed by atoms with van der Waals surface area (Å²) >= 11 is 0. The molecule has 0 aromatic heterocycles. The van der Waals surface area contributed by atoms with Gasteiger partial charge in [0.25, 0.3) is 5.91 Å². The second kappa shape index (κ2) is 10.0. The van der Waals surface area contributed by atoms with Crippen LogP contribution in [0.15, 0.2) is 47.4 Å². The zero-order chi connectivity index (χ0) is 23.3. The molecule has 3 rings (SSSR count). The Hall–Kier alpha value is -3.11. The van der Waals surface area contributed by atoms with Gasteiger partial charge in [0.15, 0.2) is 12.4 Å². The van der Waals surface area contributed by atoms with Gasteiger partial charge in [0.05, 0.1) is 11.3 Å². The molecule has 1 amide bonds. The number of ether oxygens (including phenoxy) is 1. The van der Waals surface area contributed by atoms with Gasteiger partial charge >= 0.3 is 5.97 Å². The Morgan fingerprint density at radius 1 is 1.06 bits per heavy atom. The van der Waals surface area contributed by atoms with Gasteiger partial charge in [-0.3, -0.25) is 9.59 Å². The Morgan fingerprint density at radius 3 is 2.44 bits per heavy atom. The van der Waals surface area contributed by atoms with Crippen LogP contribution in [0.25, 0.3) is 0 Å². The van der Waals surface area contributed by atoms with Crippen LogP contribution in [0.5, 0.6) is 0 Å². The van der Waals surface area contributed by atoms with Gasteiger partial charge in [-0.05, 0) is 50.1 Å². The number of anilines is 1. The molecule has 2 aromatic rings. The molecule has 8 nitrogen and oxygen atoms in total. The summed E-state index contributed by atoms with van der Waals surface area (Å²) < 4.78 is 46.0. The molecule has 0 saturated carbocycles. The zero-order valence-electron chi connectivity index (χ0n) is 17.5. The highest BCUT2D eigenvalue weighted by Gasteiger charge is 2.29. The van der Waals surface area contributed by atoms with Crippen LogP contribution in [0.3, 0.4) is 0 Å². The van der Waals surface area contributed by atoms with Crippen LogP contribution >= 0.6 is 0 Å². The van der Waals surface area contributed by atoms with Crippen molar-refractivity contribution < 1.29 is 31.9 Å². The van der Waals surface area contributed by atoms with Gasteiger partial charge < -0.3 is 10.1 Å². The van der Waals surface area contributed by atoms with E-state index in [-0.39, 0.29) is 17.0 Å². The third-order valence-corrected chi connectivity index (χ3v) is 6.93. The lowest BCUT2D eigenvalue weighted by atomic mass is 10.1. The van der Waals surface area contributed by atoms with Crippen LogP contribution in [0, 0.1) is 5.82 Å². The van der Waals surface area contributed by atoms with Crippen LogP contribution < -0.4 is 5.32 Å². The first-order valence-corrected chi connectivity index (χ1v) is 11.5. The maximum absolute atomic E-state index is 14.3. The number of hydrogen-bond acceptors (Lipinski definition) is 6. The number of ketones is 1. The Labute approximate surface area is 185 Å². The molecule has 0 aliphatic carbocycles. The van der Waals surface area contributed by atoms with Crippen molar-refractivity contribution in [3.05, 3.63) is 59.4 Å². The monoisotopic (exact) mass is 462 g/mol. The summed E-state index contributed by atoms with van der Waals surface area (Å²) in [5.74, 6) is -2.87. The van der Waals surface area contributed by atoms with Gasteiger partial charge in [-0.15, -0.1) is 0 Å². The predicted octanol–water partition coefficient (Wildman–Crippen LogP) is 3.00. The van der Waals surface area contributed by atoms with Crippen molar-refractivity contribution in [1.29, 1.82) is 0 Å². The number of esters is 1. The number of nitrogens with zero attached hydrogens (tertiary/aromatic N) is 1. The van der Waals surface area contributed by atoms with Crippen molar-refractivity contribution in [3.8, 4) is 0 Å². The fourth-order valence-electron chi connectivity index (χ4n) is 3.37. The molecule has 0 unspecified atom stereocenters. The maximum Gasteiger partial charge on any atom is 0.338 e. The van der Waals surface area contributed by atoms with E-state index in [9.17, 15) is 27.2 Å². The summed E-state index contributed by atoms with van der Waals surface area (Å²) in [7, 11) is -4.09. The number of para-hydroxylation sites is 1. The van der Waals surface area contributed by atoms with Gasteiger partial charge in [0, 0.05) is 18.7 Å². The molecule has 1 aliphatic rings. The number of benzene rings is 2. The minimum absolute atomic E-state index is 0.195. The number of carbonyl (C=O) groups is 3. The van der Waals surface area contributed by atoms with E-state index in [1.54, 1.807) is 18.2 Å².